The fraction of sp³-hybridized carbons (Fsp3) is 0.120. The van der Waals surface area contributed by atoms with Gasteiger partial charge in [-0.15, -0.1) is 10.2 Å². The second kappa shape index (κ2) is 11.0. The standard InChI is InChI=1S/C25H22ClN5O2S/c1-2-22(17-10-14-21(32)15-11-17)27-28-23(33)16-34-25-30-29-24(18-8-12-19(26)13-9-18)31(25)20-6-4-3-5-7-20/h3-15,32H,2,16H2,1H3,(H,28,33)/b27-22+. The Kier molecular flexibility index (Phi) is 7.61. The van der Waals surface area contributed by atoms with E-state index in [1.54, 1.807) is 36.4 Å². The van der Waals surface area contributed by atoms with E-state index in [9.17, 15) is 9.90 Å². The van der Waals surface area contributed by atoms with Crippen molar-refractivity contribution in [3.05, 3.63) is 89.4 Å². The maximum absolute atomic E-state index is 12.5. The number of para-hydroxylation sites is 1. The number of rotatable bonds is 8. The number of hydrogen-bond donors (Lipinski definition) is 2. The molecule has 0 aliphatic carbocycles. The minimum absolute atomic E-state index is 0.113. The van der Waals surface area contributed by atoms with Gasteiger partial charge in [0.05, 0.1) is 11.5 Å². The van der Waals surface area contributed by atoms with Crippen molar-refractivity contribution in [3.8, 4) is 22.8 Å². The predicted octanol–water partition coefficient (Wildman–Crippen LogP) is 5.32. The minimum atomic E-state index is -0.259. The summed E-state index contributed by atoms with van der Waals surface area (Å²) in [6, 6.07) is 23.8. The molecule has 34 heavy (non-hydrogen) atoms. The van der Waals surface area contributed by atoms with Crippen molar-refractivity contribution in [1.29, 1.82) is 0 Å². The molecule has 0 spiro atoms. The van der Waals surface area contributed by atoms with Crippen molar-refractivity contribution in [2.75, 3.05) is 5.75 Å². The van der Waals surface area contributed by atoms with E-state index >= 15 is 0 Å². The monoisotopic (exact) mass is 491 g/mol. The molecule has 1 aromatic heterocycles. The number of carbonyl (C=O) groups excluding carboxylic acids is 1. The summed E-state index contributed by atoms with van der Waals surface area (Å²) >= 11 is 7.32. The first-order valence-corrected chi connectivity index (χ1v) is 12.0. The molecule has 0 unspecified atom stereocenters. The molecule has 3 aromatic carbocycles. The van der Waals surface area contributed by atoms with E-state index in [0.29, 0.717) is 22.4 Å². The van der Waals surface area contributed by atoms with E-state index < -0.39 is 0 Å². The number of aromatic hydroxyl groups is 1. The molecule has 0 atom stereocenters. The van der Waals surface area contributed by atoms with Crippen LogP contribution in [0, 0.1) is 0 Å². The zero-order chi connectivity index (χ0) is 23.9. The van der Waals surface area contributed by atoms with Crippen LogP contribution in [-0.2, 0) is 4.79 Å². The summed E-state index contributed by atoms with van der Waals surface area (Å²) < 4.78 is 1.92. The van der Waals surface area contributed by atoms with Gasteiger partial charge in [0.1, 0.15) is 5.75 Å². The van der Waals surface area contributed by atoms with Gasteiger partial charge in [-0.3, -0.25) is 9.36 Å². The number of benzene rings is 3. The van der Waals surface area contributed by atoms with E-state index in [1.807, 2.05) is 54.0 Å². The van der Waals surface area contributed by atoms with Gasteiger partial charge in [-0.1, -0.05) is 48.5 Å². The molecule has 0 saturated heterocycles. The number of carbonyl (C=O) groups is 1. The Balaban J connectivity index is 1.52. The number of halogens is 1. The number of nitrogens with one attached hydrogen (secondary N) is 1. The van der Waals surface area contributed by atoms with Gasteiger partial charge < -0.3 is 5.11 Å². The number of amides is 1. The maximum Gasteiger partial charge on any atom is 0.250 e. The Morgan fingerprint density at radius 2 is 1.74 bits per heavy atom. The van der Waals surface area contributed by atoms with Gasteiger partial charge in [-0.25, -0.2) is 5.43 Å². The average Bonchev–Trinajstić information content (AvgIpc) is 3.29. The second-order valence-electron chi connectivity index (χ2n) is 7.27. The van der Waals surface area contributed by atoms with Crippen LogP contribution in [0.15, 0.2) is 89.1 Å². The van der Waals surface area contributed by atoms with Gasteiger partial charge in [0.15, 0.2) is 11.0 Å². The number of phenolic OH excluding ortho intramolecular Hbond substituents is 1. The fourth-order valence-electron chi connectivity index (χ4n) is 3.25. The molecule has 9 heteroatoms. The lowest BCUT2D eigenvalue weighted by Crippen LogP contribution is -2.22. The highest BCUT2D eigenvalue weighted by atomic mass is 35.5. The number of nitrogens with zero attached hydrogens (tertiary/aromatic N) is 4. The SMILES string of the molecule is CC/C(=N\NC(=O)CSc1nnc(-c2ccc(Cl)cc2)n1-c1ccccc1)c1ccc(O)cc1. The van der Waals surface area contributed by atoms with Crippen LogP contribution >= 0.6 is 23.4 Å². The summed E-state index contributed by atoms with van der Waals surface area (Å²) in [6.07, 6.45) is 0.630. The summed E-state index contributed by atoms with van der Waals surface area (Å²) in [5, 5.41) is 23.7. The third-order valence-corrected chi connectivity index (χ3v) is 6.11. The van der Waals surface area contributed by atoms with Gasteiger partial charge in [-0.2, -0.15) is 5.10 Å². The molecule has 1 amide bonds. The number of hydrogen-bond acceptors (Lipinski definition) is 6. The van der Waals surface area contributed by atoms with E-state index in [4.69, 9.17) is 11.6 Å². The minimum Gasteiger partial charge on any atom is -0.508 e. The lowest BCUT2D eigenvalue weighted by Gasteiger charge is -2.10. The zero-order valence-electron chi connectivity index (χ0n) is 18.4. The van der Waals surface area contributed by atoms with E-state index in [0.717, 1.165) is 22.5 Å². The lowest BCUT2D eigenvalue weighted by atomic mass is 10.1. The van der Waals surface area contributed by atoms with Crippen LogP contribution < -0.4 is 5.43 Å². The van der Waals surface area contributed by atoms with Crippen LogP contribution in [0.25, 0.3) is 17.1 Å². The number of thioether (sulfide) groups is 1. The average molecular weight is 492 g/mol. The first kappa shape index (κ1) is 23.5. The molecule has 0 bridgehead atoms. The Morgan fingerprint density at radius 3 is 2.41 bits per heavy atom. The molecule has 0 radical (unpaired) electrons. The summed E-state index contributed by atoms with van der Waals surface area (Å²) in [5.74, 6) is 0.691. The molecular weight excluding hydrogens is 470 g/mol. The Hall–Kier alpha value is -3.62. The van der Waals surface area contributed by atoms with Crippen molar-refractivity contribution in [1.82, 2.24) is 20.2 Å². The molecule has 2 N–H and O–H groups in total. The smallest absolute Gasteiger partial charge is 0.250 e. The van der Waals surface area contributed by atoms with Crippen molar-refractivity contribution in [3.63, 3.8) is 0 Å². The molecule has 1 heterocycles. The van der Waals surface area contributed by atoms with Gasteiger partial charge in [-0.05, 0) is 72.6 Å². The van der Waals surface area contributed by atoms with Gasteiger partial charge in [0, 0.05) is 16.3 Å². The second-order valence-corrected chi connectivity index (χ2v) is 8.65. The summed E-state index contributed by atoms with van der Waals surface area (Å²) in [4.78, 5) is 12.5. The summed E-state index contributed by atoms with van der Waals surface area (Å²) in [5.41, 5.74) is 5.92. The molecular formula is C25H22ClN5O2S. The molecule has 0 aliphatic rings. The number of hydrazone groups is 1. The first-order chi connectivity index (χ1) is 16.5. The molecule has 0 aliphatic heterocycles. The summed E-state index contributed by atoms with van der Waals surface area (Å²) in [6.45, 7) is 1.95. The molecule has 7 nitrogen and oxygen atoms in total. The highest BCUT2D eigenvalue weighted by Crippen LogP contribution is 2.28. The van der Waals surface area contributed by atoms with Crippen LogP contribution in [-0.4, -0.2) is 37.2 Å². The van der Waals surface area contributed by atoms with Crippen LogP contribution in [0.3, 0.4) is 0 Å². The van der Waals surface area contributed by atoms with Crippen molar-refractivity contribution in [2.24, 2.45) is 5.10 Å². The van der Waals surface area contributed by atoms with Crippen LogP contribution in [0.4, 0.5) is 0 Å². The molecule has 4 rings (SSSR count). The van der Waals surface area contributed by atoms with Crippen molar-refractivity contribution in [2.45, 2.75) is 18.5 Å². The van der Waals surface area contributed by atoms with Gasteiger partial charge in [0.2, 0.25) is 0 Å². The highest BCUT2D eigenvalue weighted by molar-refractivity contribution is 7.99. The quantitative estimate of drug-likeness (QED) is 0.198. The third kappa shape index (κ3) is 5.65. The van der Waals surface area contributed by atoms with Crippen LogP contribution in [0.1, 0.15) is 18.9 Å². The topological polar surface area (TPSA) is 92.4 Å². The van der Waals surface area contributed by atoms with Crippen molar-refractivity contribution >= 4 is 35.0 Å². The molecule has 0 saturated carbocycles. The Labute approximate surface area is 206 Å². The van der Waals surface area contributed by atoms with E-state index in [1.165, 1.54) is 11.8 Å². The van der Waals surface area contributed by atoms with E-state index in [-0.39, 0.29) is 17.4 Å². The highest BCUT2D eigenvalue weighted by Gasteiger charge is 2.17. The van der Waals surface area contributed by atoms with Crippen LogP contribution in [0.2, 0.25) is 5.02 Å². The van der Waals surface area contributed by atoms with E-state index in [2.05, 4.69) is 20.7 Å². The van der Waals surface area contributed by atoms with Gasteiger partial charge >= 0.3 is 0 Å². The maximum atomic E-state index is 12.5. The Bertz CT molecular complexity index is 1290. The third-order valence-electron chi connectivity index (χ3n) is 4.93. The van der Waals surface area contributed by atoms with Gasteiger partial charge in [0.25, 0.3) is 5.91 Å². The largest absolute Gasteiger partial charge is 0.508 e. The fourth-order valence-corrected chi connectivity index (χ4v) is 4.12. The van der Waals surface area contributed by atoms with Crippen molar-refractivity contribution < 1.29 is 9.90 Å². The first-order valence-electron chi connectivity index (χ1n) is 10.6. The van der Waals surface area contributed by atoms with Crippen LogP contribution in [0.5, 0.6) is 5.75 Å². The Morgan fingerprint density at radius 1 is 1.03 bits per heavy atom. The normalized spacial score (nSPS) is 11.4. The number of aromatic nitrogens is 3. The molecule has 0 fully saturated rings. The lowest BCUT2D eigenvalue weighted by molar-refractivity contribution is -0.118. The number of phenols is 1. The molecule has 172 valence electrons. The predicted molar refractivity (Wildman–Crippen MR) is 136 cm³/mol. The zero-order valence-corrected chi connectivity index (χ0v) is 19.9. The summed E-state index contributed by atoms with van der Waals surface area (Å²) in [7, 11) is 0. The molecule has 4 aromatic rings.